The molecule has 0 aliphatic heterocycles. The van der Waals surface area contributed by atoms with E-state index in [4.69, 9.17) is 0 Å². The van der Waals surface area contributed by atoms with E-state index in [0.717, 1.165) is 0 Å². The number of hydrogen-bond acceptors (Lipinski definition) is 0. The highest BCUT2D eigenvalue weighted by molar-refractivity contribution is 6.64. The lowest BCUT2D eigenvalue weighted by Crippen LogP contribution is -2.11. The molecule has 0 aromatic carbocycles. The molecule has 0 aromatic heterocycles. The third-order valence-corrected chi connectivity index (χ3v) is 1.08. The van der Waals surface area contributed by atoms with Crippen molar-refractivity contribution in [2.24, 2.45) is 5.41 Å². The lowest BCUT2D eigenvalue weighted by molar-refractivity contribution is 0.419. The highest BCUT2D eigenvalue weighted by Gasteiger charge is 2.17. The van der Waals surface area contributed by atoms with Crippen molar-refractivity contribution >= 4 is 6.98 Å². The van der Waals surface area contributed by atoms with E-state index in [1.54, 1.807) is 0 Å². The van der Waals surface area contributed by atoms with Crippen molar-refractivity contribution in [1.82, 2.24) is 0 Å². The Bertz CT molecular complexity index is 141. The maximum absolute atomic E-state index is 11.6. The molecule has 0 amide bonds. The smallest absolute Gasteiger partial charge is 0.445 e. The number of hydrogen-bond donors (Lipinski definition) is 0. The molecule has 0 aliphatic rings. The molecule has 0 spiro atoms. The summed E-state index contributed by atoms with van der Waals surface area (Å²) in [5.41, 5.74) is -0.0577. The van der Waals surface area contributed by atoms with Gasteiger partial charge in [-0.15, -0.1) is 12.1 Å². The van der Waals surface area contributed by atoms with Gasteiger partial charge in [0.25, 0.3) is 0 Å². The van der Waals surface area contributed by atoms with Crippen LogP contribution in [0.4, 0.5) is 12.9 Å². The first-order chi connectivity index (χ1) is 4.71. The molecule has 0 bridgehead atoms. The average Bonchev–Trinajstić information content (AvgIpc) is 1.55. The molecule has 0 radical (unpaired) electrons. The van der Waals surface area contributed by atoms with Crippen LogP contribution in [0.25, 0.3) is 0 Å². The molecule has 0 aliphatic carbocycles. The van der Waals surface area contributed by atoms with Crippen molar-refractivity contribution in [2.45, 2.75) is 27.2 Å². The average molecular weight is 165 g/mol. The summed E-state index contributed by atoms with van der Waals surface area (Å²) in [5, 5.41) is 0. The van der Waals surface area contributed by atoms with E-state index in [2.05, 4.69) is 0 Å². The van der Waals surface area contributed by atoms with E-state index in [1.807, 2.05) is 20.8 Å². The summed E-state index contributed by atoms with van der Waals surface area (Å²) < 4.78 is 34.8. The predicted octanol–water partition coefficient (Wildman–Crippen LogP) is 3.37. The third kappa shape index (κ3) is 9.59. The van der Waals surface area contributed by atoms with Gasteiger partial charge in [-0.25, -0.2) is 0 Å². The Balaban J connectivity index is 3.80. The summed E-state index contributed by atoms with van der Waals surface area (Å²) in [7, 11) is 0. The van der Waals surface area contributed by atoms with Crippen LogP contribution in [-0.2, 0) is 0 Å². The topological polar surface area (TPSA) is 0 Å². The lowest BCUT2D eigenvalue weighted by atomic mass is 9.86. The van der Waals surface area contributed by atoms with E-state index < -0.39 is 6.98 Å². The maximum atomic E-state index is 11.6. The van der Waals surface area contributed by atoms with Gasteiger partial charge in [0.05, 0.1) is 0 Å². The molecular weight excluding hydrogens is 152 g/mol. The Hall–Kier alpha value is -0.405. The minimum atomic E-state index is -4.74. The molecule has 0 saturated heterocycles. The SMILES string of the molecule is CC(C)(C)C/C=C/[B-](F)(F)F. The van der Waals surface area contributed by atoms with Gasteiger partial charge in [-0.1, -0.05) is 20.8 Å². The molecule has 0 heterocycles. The largest absolute Gasteiger partial charge is 0.502 e. The van der Waals surface area contributed by atoms with Crippen LogP contribution in [0.1, 0.15) is 27.2 Å². The number of allylic oxidation sites excluding steroid dienone is 1. The standard InChI is InChI=1S/C7H13BF3/c1-7(2,3)5-4-6-8(9,10)11/h4,6H,5H2,1-3H3/q-1/b6-4+. The molecule has 0 fully saturated rings. The Labute approximate surface area is 65.5 Å². The fourth-order valence-corrected chi connectivity index (χ4v) is 0.576. The first-order valence-electron chi connectivity index (χ1n) is 3.58. The fraction of sp³-hybridized carbons (Fsp3) is 0.714. The zero-order chi connectivity index (χ0) is 9.12. The van der Waals surface area contributed by atoms with Gasteiger partial charge in [0.1, 0.15) is 0 Å². The van der Waals surface area contributed by atoms with Gasteiger partial charge in [-0.3, -0.25) is 0 Å². The van der Waals surface area contributed by atoms with Gasteiger partial charge in [0.2, 0.25) is 0 Å². The number of halogens is 3. The van der Waals surface area contributed by atoms with E-state index in [0.29, 0.717) is 12.4 Å². The van der Waals surface area contributed by atoms with E-state index in [9.17, 15) is 12.9 Å². The fourth-order valence-electron chi connectivity index (χ4n) is 0.576. The van der Waals surface area contributed by atoms with Crippen LogP contribution in [0, 0.1) is 5.41 Å². The molecule has 0 aromatic rings. The molecule has 0 N–H and O–H groups in total. The van der Waals surface area contributed by atoms with Crippen LogP contribution in [0.5, 0.6) is 0 Å². The first kappa shape index (κ1) is 10.6. The second-order valence-corrected chi connectivity index (χ2v) is 3.82. The maximum Gasteiger partial charge on any atom is 0.502 e. The van der Waals surface area contributed by atoms with Crippen molar-refractivity contribution in [1.29, 1.82) is 0 Å². The molecule has 0 unspecified atom stereocenters. The minimum absolute atomic E-state index is 0.0577. The van der Waals surface area contributed by atoms with Gasteiger partial charge in [-0.05, 0) is 11.8 Å². The van der Waals surface area contributed by atoms with Gasteiger partial charge >= 0.3 is 6.98 Å². The minimum Gasteiger partial charge on any atom is -0.445 e. The van der Waals surface area contributed by atoms with E-state index in [-0.39, 0.29) is 5.41 Å². The monoisotopic (exact) mass is 165 g/mol. The second-order valence-electron chi connectivity index (χ2n) is 3.82. The van der Waals surface area contributed by atoms with Crippen LogP contribution in [0.2, 0.25) is 0 Å². The summed E-state index contributed by atoms with van der Waals surface area (Å²) in [6.45, 7) is 0.975. The Morgan fingerprint density at radius 1 is 1.18 bits per heavy atom. The summed E-state index contributed by atoms with van der Waals surface area (Å²) in [5.74, 6) is 0.352. The van der Waals surface area contributed by atoms with Gasteiger partial charge in [0.15, 0.2) is 0 Å². The Kier molecular flexibility index (Phi) is 3.21. The van der Waals surface area contributed by atoms with Crippen LogP contribution in [0.3, 0.4) is 0 Å². The highest BCUT2D eigenvalue weighted by atomic mass is 19.4. The summed E-state index contributed by atoms with van der Waals surface area (Å²) >= 11 is 0. The highest BCUT2D eigenvalue weighted by Crippen LogP contribution is 2.20. The lowest BCUT2D eigenvalue weighted by Gasteiger charge is -2.15. The number of rotatable bonds is 2. The normalized spacial score (nSPS) is 14.4. The Morgan fingerprint density at radius 3 is 1.91 bits per heavy atom. The van der Waals surface area contributed by atoms with E-state index >= 15 is 0 Å². The van der Waals surface area contributed by atoms with Crippen molar-refractivity contribution < 1.29 is 12.9 Å². The molecule has 11 heavy (non-hydrogen) atoms. The van der Waals surface area contributed by atoms with Gasteiger partial charge in [-0.2, -0.15) is 0 Å². The van der Waals surface area contributed by atoms with Crippen molar-refractivity contribution in [3.8, 4) is 0 Å². The van der Waals surface area contributed by atoms with Crippen molar-refractivity contribution in [3.63, 3.8) is 0 Å². The van der Waals surface area contributed by atoms with Crippen LogP contribution < -0.4 is 0 Å². The van der Waals surface area contributed by atoms with Crippen molar-refractivity contribution in [3.05, 3.63) is 12.1 Å². The molecule has 0 rings (SSSR count). The summed E-state index contributed by atoms with van der Waals surface area (Å²) in [4.78, 5) is 0. The van der Waals surface area contributed by atoms with E-state index in [1.165, 1.54) is 6.08 Å². The molecule has 0 atom stereocenters. The zero-order valence-corrected chi connectivity index (χ0v) is 7.07. The molecule has 66 valence electrons. The third-order valence-electron chi connectivity index (χ3n) is 1.08. The zero-order valence-electron chi connectivity index (χ0n) is 7.07. The Morgan fingerprint density at radius 2 is 1.64 bits per heavy atom. The molecule has 0 nitrogen and oxygen atoms in total. The van der Waals surface area contributed by atoms with Crippen LogP contribution >= 0.6 is 0 Å². The van der Waals surface area contributed by atoms with Crippen molar-refractivity contribution in [2.75, 3.05) is 0 Å². The molecule has 4 heteroatoms. The van der Waals surface area contributed by atoms with Gasteiger partial charge < -0.3 is 12.9 Å². The molecular formula is C7H13BF3-. The van der Waals surface area contributed by atoms with Gasteiger partial charge in [0, 0.05) is 0 Å². The molecule has 0 saturated carbocycles. The summed E-state index contributed by atoms with van der Waals surface area (Å²) in [6, 6.07) is 0. The predicted molar refractivity (Wildman–Crippen MR) is 42.3 cm³/mol. The summed E-state index contributed by atoms with van der Waals surface area (Å²) in [6.07, 6.45) is 1.66. The second kappa shape index (κ2) is 3.33. The van der Waals surface area contributed by atoms with Crippen LogP contribution in [0.15, 0.2) is 12.1 Å². The first-order valence-corrected chi connectivity index (χ1v) is 3.58. The van der Waals surface area contributed by atoms with Crippen LogP contribution in [-0.4, -0.2) is 6.98 Å². The quantitative estimate of drug-likeness (QED) is 0.550.